The molecule has 1 aromatic rings. The van der Waals surface area contributed by atoms with Crippen molar-refractivity contribution in [3.8, 4) is 11.8 Å². The lowest BCUT2D eigenvalue weighted by Gasteiger charge is -2.13. The van der Waals surface area contributed by atoms with Crippen molar-refractivity contribution in [2.75, 3.05) is 13.2 Å². The smallest absolute Gasteiger partial charge is 0.141 e. The molecule has 0 bridgehead atoms. The number of nitrogens with zero attached hydrogens (tertiary/aromatic N) is 1. The summed E-state index contributed by atoms with van der Waals surface area (Å²) in [6, 6.07) is 5.59. The third-order valence-electron chi connectivity index (χ3n) is 2.43. The summed E-state index contributed by atoms with van der Waals surface area (Å²) in [4.78, 5) is 0. The van der Waals surface area contributed by atoms with Crippen molar-refractivity contribution in [2.45, 2.75) is 25.7 Å². The van der Waals surface area contributed by atoms with E-state index in [1.54, 1.807) is 6.07 Å². The highest BCUT2D eigenvalue weighted by Gasteiger charge is 2.10. The fourth-order valence-corrected chi connectivity index (χ4v) is 2.19. The number of halogens is 2. The first-order valence-electron chi connectivity index (χ1n) is 5.86. The highest BCUT2D eigenvalue weighted by atomic mass is 35.5. The van der Waals surface area contributed by atoms with E-state index in [4.69, 9.17) is 38.9 Å². The number of ether oxygens (including phenoxy) is 1. The van der Waals surface area contributed by atoms with Crippen LogP contribution in [0.3, 0.4) is 0 Å². The van der Waals surface area contributed by atoms with E-state index in [0.29, 0.717) is 41.8 Å². The number of hydrogen-bond donors (Lipinski definition) is 1. The largest absolute Gasteiger partial charge is 0.492 e. The van der Waals surface area contributed by atoms with E-state index in [1.165, 1.54) is 0 Å². The van der Waals surface area contributed by atoms with E-state index < -0.39 is 0 Å². The van der Waals surface area contributed by atoms with E-state index in [-0.39, 0.29) is 0 Å². The van der Waals surface area contributed by atoms with Crippen LogP contribution in [-0.2, 0) is 6.42 Å². The number of unbranched alkanes of at least 4 members (excludes halogenated alkanes) is 2. The Kier molecular flexibility index (Phi) is 6.89. The molecule has 0 heterocycles. The van der Waals surface area contributed by atoms with Gasteiger partial charge in [0.05, 0.1) is 17.7 Å². The molecular weight excluding hydrogens is 271 g/mol. The fourth-order valence-electron chi connectivity index (χ4n) is 1.60. The van der Waals surface area contributed by atoms with Crippen molar-refractivity contribution >= 4 is 23.2 Å². The molecule has 0 spiro atoms. The number of nitrogens with two attached hydrogens (primary N) is 1. The van der Waals surface area contributed by atoms with Crippen molar-refractivity contribution in [1.82, 2.24) is 0 Å². The zero-order valence-electron chi connectivity index (χ0n) is 10.1. The van der Waals surface area contributed by atoms with Gasteiger partial charge >= 0.3 is 0 Å². The Morgan fingerprint density at radius 3 is 2.72 bits per heavy atom. The standard InChI is InChI=1S/C13H16Cl2N2O/c14-11-8-10(4-6-17)13(12(15)9-11)18-7-3-1-2-5-16/h8-9H,1-4,6-7,17H2. The van der Waals surface area contributed by atoms with Gasteiger partial charge in [-0.15, -0.1) is 0 Å². The second-order valence-corrected chi connectivity index (χ2v) is 4.72. The molecular formula is C13H16Cl2N2O. The summed E-state index contributed by atoms with van der Waals surface area (Å²) in [5.41, 5.74) is 6.47. The Hall–Kier alpha value is -0.950. The quantitative estimate of drug-likeness (QED) is 0.780. The minimum atomic E-state index is 0.506. The maximum Gasteiger partial charge on any atom is 0.141 e. The van der Waals surface area contributed by atoms with Crippen LogP contribution in [0, 0.1) is 11.3 Å². The Morgan fingerprint density at radius 2 is 2.06 bits per heavy atom. The fraction of sp³-hybridized carbons (Fsp3) is 0.462. The molecule has 1 aromatic carbocycles. The Labute approximate surface area is 117 Å². The van der Waals surface area contributed by atoms with E-state index >= 15 is 0 Å². The number of nitriles is 1. The second-order valence-electron chi connectivity index (χ2n) is 3.88. The topological polar surface area (TPSA) is 59.0 Å². The van der Waals surface area contributed by atoms with Crippen molar-refractivity contribution in [2.24, 2.45) is 5.73 Å². The van der Waals surface area contributed by atoms with E-state index in [9.17, 15) is 0 Å². The van der Waals surface area contributed by atoms with E-state index in [0.717, 1.165) is 18.4 Å². The van der Waals surface area contributed by atoms with Crippen molar-refractivity contribution in [3.05, 3.63) is 27.7 Å². The van der Waals surface area contributed by atoms with Crippen LogP contribution in [0.25, 0.3) is 0 Å². The van der Waals surface area contributed by atoms with Crippen LogP contribution in [-0.4, -0.2) is 13.2 Å². The van der Waals surface area contributed by atoms with Gasteiger partial charge in [-0.25, -0.2) is 0 Å². The lowest BCUT2D eigenvalue weighted by atomic mass is 10.1. The van der Waals surface area contributed by atoms with Gasteiger partial charge in [0.15, 0.2) is 0 Å². The molecule has 0 fully saturated rings. The third kappa shape index (κ3) is 4.73. The first-order valence-corrected chi connectivity index (χ1v) is 6.62. The Bertz CT molecular complexity index is 430. The molecule has 5 heteroatoms. The number of benzene rings is 1. The maximum absolute atomic E-state index is 8.43. The molecule has 1 rings (SSSR count). The average Bonchev–Trinajstić information content (AvgIpc) is 2.32. The Balaban J connectivity index is 2.65. The third-order valence-corrected chi connectivity index (χ3v) is 2.93. The molecule has 3 nitrogen and oxygen atoms in total. The molecule has 0 aliphatic carbocycles. The monoisotopic (exact) mass is 286 g/mol. The van der Waals surface area contributed by atoms with Gasteiger partial charge in [-0.2, -0.15) is 5.26 Å². The summed E-state index contributed by atoms with van der Waals surface area (Å²) in [6.07, 6.45) is 2.88. The van der Waals surface area contributed by atoms with Gasteiger partial charge in [-0.05, 0) is 43.5 Å². The van der Waals surface area contributed by atoms with Crippen molar-refractivity contribution < 1.29 is 4.74 Å². The van der Waals surface area contributed by atoms with Crippen LogP contribution < -0.4 is 10.5 Å². The molecule has 0 aliphatic heterocycles. The van der Waals surface area contributed by atoms with Crippen LogP contribution in [0.1, 0.15) is 24.8 Å². The highest BCUT2D eigenvalue weighted by Crippen LogP contribution is 2.32. The summed E-state index contributed by atoms with van der Waals surface area (Å²) in [5, 5.41) is 9.52. The van der Waals surface area contributed by atoms with Crippen molar-refractivity contribution in [1.29, 1.82) is 5.26 Å². The first-order chi connectivity index (χ1) is 8.69. The van der Waals surface area contributed by atoms with E-state index in [2.05, 4.69) is 6.07 Å². The normalized spacial score (nSPS) is 10.1. The summed E-state index contributed by atoms with van der Waals surface area (Å²) < 4.78 is 5.67. The van der Waals surface area contributed by atoms with Crippen LogP contribution in [0.5, 0.6) is 5.75 Å². The van der Waals surface area contributed by atoms with Gasteiger partial charge in [-0.3, -0.25) is 0 Å². The maximum atomic E-state index is 8.43. The van der Waals surface area contributed by atoms with Gasteiger partial charge < -0.3 is 10.5 Å². The van der Waals surface area contributed by atoms with Gasteiger partial charge in [0, 0.05) is 11.4 Å². The first kappa shape index (κ1) is 15.1. The van der Waals surface area contributed by atoms with Crippen LogP contribution in [0.4, 0.5) is 0 Å². The van der Waals surface area contributed by atoms with Gasteiger partial charge in [0.1, 0.15) is 5.75 Å². The van der Waals surface area contributed by atoms with Crippen LogP contribution >= 0.6 is 23.2 Å². The summed E-state index contributed by atoms with van der Waals surface area (Å²) in [6.45, 7) is 1.06. The van der Waals surface area contributed by atoms with E-state index in [1.807, 2.05) is 6.07 Å². The molecule has 0 amide bonds. The van der Waals surface area contributed by atoms with Crippen molar-refractivity contribution in [3.63, 3.8) is 0 Å². The number of rotatable bonds is 7. The molecule has 18 heavy (non-hydrogen) atoms. The van der Waals surface area contributed by atoms with Crippen LogP contribution in [0.2, 0.25) is 10.0 Å². The lowest BCUT2D eigenvalue weighted by molar-refractivity contribution is 0.305. The second kappa shape index (κ2) is 8.20. The molecule has 0 radical (unpaired) electrons. The zero-order valence-corrected chi connectivity index (χ0v) is 11.6. The average molecular weight is 287 g/mol. The minimum Gasteiger partial charge on any atom is -0.492 e. The number of hydrogen-bond acceptors (Lipinski definition) is 3. The molecule has 2 N–H and O–H groups in total. The highest BCUT2D eigenvalue weighted by molar-refractivity contribution is 6.35. The van der Waals surface area contributed by atoms with Crippen LogP contribution in [0.15, 0.2) is 12.1 Å². The zero-order chi connectivity index (χ0) is 13.4. The van der Waals surface area contributed by atoms with Gasteiger partial charge in [0.2, 0.25) is 0 Å². The van der Waals surface area contributed by atoms with Gasteiger partial charge in [-0.1, -0.05) is 23.2 Å². The molecule has 0 atom stereocenters. The molecule has 98 valence electrons. The molecule has 0 aromatic heterocycles. The molecule has 0 unspecified atom stereocenters. The SMILES string of the molecule is N#CCCCCOc1c(Cl)cc(Cl)cc1CCN. The minimum absolute atomic E-state index is 0.506. The predicted octanol–water partition coefficient (Wildman–Crippen LogP) is 3.57. The molecule has 0 saturated heterocycles. The Morgan fingerprint density at radius 1 is 1.28 bits per heavy atom. The summed E-state index contributed by atoms with van der Waals surface area (Å²) >= 11 is 12.1. The summed E-state index contributed by atoms with van der Waals surface area (Å²) in [5.74, 6) is 0.656. The summed E-state index contributed by atoms with van der Waals surface area (Å²) in [7, 11) is 0. The molecule has 0 aliphatic rings. The van der Waals surface area contributed by atoms with Gasteiger partial charge in [0.25, 0.3) is 0 Å². The molecule has 0 saturated carbocycles. The predicted molar refractivity (Wildman–Crippen MR) is 74.2 cm³/mol. The lowest BCUT2D eigenvalue weighted by Crippen LogP contribution is -2.06.